The molecule has 1 amide bonds. The normalized spacial score (nSPS) is 26.4. The lowest BCUT2D eigenvalue weighted by molar-refractivity contribution is -0.127. The first kappa shape index (κ1) is 27.5. The summed E-state index contributed by atoms with van der Waals surface area (Å²) >= 11 is 1.82. The smallest absolute Gasteiger partial charge is 0.237 e. The van der Waals surface area contributed by atoms with Crippen molar-refractivity contribution in [1.29, 1.82) is 0 Å². The number of amides is 1. The van der Waals surface area contributed by atoms with Crippen molar-refractivity contribution in [3.8, 4) is 5.75 Å². The van der Waals surface area contributed by atoms with E-state index in [4.69, 9.17) is 4.74 Å². The van der Waals surface area contributed by atoms with Crippen LogP contribution in [-0.4, -0.2) is 92.3 Å². The zero-order valence-corrected chi connectivity index (χ0v) is 23.8. The van der Waals surface area contributed by atoms with Crippen LogP contribution in [0.2, 0.25) is 0 Å². The molecule has 3 aliphatic heterocycles. The summed E-state index contributed by atoms with van der Waals surface area (Å²) in [6, 6.07) is 18.6. The number of hydrogen-bond acceptors (Lipinski definition) is 7. The van der Waals surface area contributed by atoms with Crippen LogP contribution in [0.3, 0.4) is 0 Å². The van der Waals surface area contributed by atoms with Crippen molar-refractivity contribution in [2.45, 2.75) is 60.4 Å². The zero-order chi connectivity index (χ0) is 26.5. The number of carbonyl (C=O) groups is 1. The quantitative estimate of drug-likeness (QED) is 0.507. The van der Waals surface area contributed by atoms with Crippen LogP contribution in [0.25, 0.3) is 0 Å². The van der Waals surface area contributed by atoms with Gasteiger partial charge in [0.15, 0.2) is 9.84 Å². The summed E-state index contributed by atoms with van der Waals surface area (Å²) < 4.78 is 29.2. The van der Waals surface area contributed by atoms with E-state index in [1.54, 1.807) is 7.11 Å². The number of nitrogens with one attached hydrogen (secondary N) is 1. The number of nitrogens with zero attached hydrogens (tertiary/aromatic N) is 2. The second-order valence-electron chi connectivity index (χ2n) is 10.8. The van der Waals surface area contributed by atoms with Crippen LogP contribution < -0.4 is 10.1 Å². The van der Waals surface area contributed by atoms with Crippen molar-refractivity contribution in [1.82, 2.24) is 15.1 Å². The second-order valence-corrected chi connectivity index (χ2v) is 14.4. The Labute approximate surface area is 231 Å². The average molecular weight is 558 g/mol. The molecule has 3 heterocycles. The number of likely N-dealkylation sites (tertiary alicyclic amines) is 2. The Morgan fingerprint density at radius 3 is 2.45 bits per heavy atom. The fraction of sp³-hybridized carbons (Fsp3) is 0.552. The van der Waals surface area contributed by atoms with Gasteiger partial charge < -0.3 is 15.0 Å². The molecule has 206 valence electrons. The molecule has 0 spiro atoms. The minimum absolute atomic E-state index is 0.00330. The third-order valence-electron chi connectivity index (χ3n) is 8.13. The molecule has 9 heteroatoms. The van der Waals surface area contributed by atoms with Crippen LogP contribution >= 0.6 is 11.8 Å². The summed E-state index contributed by atoms with van der Waals surface area (Å²) in [5.74, 6) is 1.07. The first-order valence-electron chi connectivity index (χ1n) is 13.7. The molecule has 3 aliphatic rings. The minimum Gasteiger partial charge on any atom is -0.497 e. The number of carbonyl (C=O) groups excluding carboxylic acids is 1. The number of sulfone groups is 1. The molecule has 38 heavy (non-hydrogen) atoms. The monoisotopic (exact) mass is 557 g/mol. The molecule has 3 saturated heterocycles. The number of benzene rings is 2. The third-order valence-corrected chi connectivity index (χ3v) is 11.1. The van der Waals surface area contributed by atoms with Crippen LogP contribution in [0.4, 0.5) is 0 Å². The average Bonchev–Trinajstić information content (AvgIpc) is 3.51. The van der Waals surface area contributed by atoms with Crippen molar-refractivity contribution < 1.29 is 17.9 Å². The van der Waals surface area contributed by atoms with Crippen molar-refractivity contribution in [2.75, 3.05) is 44.8 Å². The van der Waals surface area contributed by atoms with Gasteiger partial charge in [0.05, 0.1) is 24.7 Å². The maximum Gasteiger partial charge on any atom is 0.237 e. The molecule has 7 nitrogen and oxygen atoms in total. The van der Waals surface area contributed by atoms with Crippen LogP contribution in [0.5, 0.6) is 5.75 Å². The largest absolute Gasteiger partial charge is 0.497 e. The van der Waals surface area contributed by atoms with Crippen molar-refractivity contribution >= 4 is 27.5 Å². The molecule has 2 aromatic rings. The first-order chi connectivity index (χ1) is 18.4. The summed E-state index contributed by atoms with van der Waals surface area (Å²) in [4.78, 5) is 19.6. The van der Waals surface area contributed by atoms with E-state index in [0.717, 1.165) is 57.6 Å². The van der Waals surface area contributed by atoms with Gasteiger partial charge in [-0.25, -0.2) is 8.42 Å². The van der Waals surface area contributed by atoms with E-state index in [-0.39, 0.29) is 29.5 Å². The molecule has 0 radical (unpaired) electrons. The summed E-state index contributed by atoms with van der Waals surface area (Å²) in [7, 11) is -1.37. The SMILES string of the molecule is COc1ccc(S[C@@H]2C[C@@H](C(=O)N[C@@H]3CCS(=O)(=O)C3)N(C3CCN(CCc4ccccc4)CC3)C2)cc1. The van der Waals surface area contributed by atoms with E-state index >= 15 is 0 Å². The fourth-order valence-electron chi connectivity index (χ4n) is 6.03. The molecule has 5 rings (SSSR count). The summed E-state index contributed by atoms with van der Waals surface area (Å²) in [5.41, 5.74) is 1.37. The van der Waals surface area contributed by atoms with Crippen molar-refractivity contribution in [2.24, 2.45) is 0 Å². The molecule has 1 N–H and O–H groups in total. The predicted molar refractivity (Wildman–Crippen MR) is 153 cm³/mol. The highest BCUT2D eigenvalue weighted by atomic mass is 32.2. The van der Waals surface area contributed by atoms with E-state index in [9.17, 15) is 13.2 Å². The molecule has 3 atom stereocenters. The van der Waals surface area contributed by atoms with Crippen LogP contribution in [0.1, 0.15) is 31.2 Å². The van der Waals surface area contributed by atoms with E-state index in [2.05, 4.69) is 57.6 Å². The van der Waals surface area contributed by atoms with Gasteiger partial charge in [-0.15, -0.1) is 11.8 Å². The molecule has 2 aromatic carbocycles. The summed E-state index contributed by atoms with van der Waals surface area (Å²) in [6.07, 6.45) is 4.46. The van der Waals surface area contributed by atoms with E-state index in [1.807, 2.05) is 23.9 Å². The fourth-order valence-corrected chi connectivity index (χ4v) is 8.90. The van der Waals surface area contributed by atoms with E-state index in [0.29, 0.717) is 17.7 Å². The number of piperidine rings is 1. The number of thioether (sulfide) groups is 1. The maximum atomic E-state index is 13.5. The highest BCUT2D eigenvalue weighted by Gasteiger charge is 2.42. The predicted octanol–water partition coefficient (Wildman–Crippen LogP) is 3.24. The van der Waals surface area contributed by atoms with Gasteiger partial charge >= 0.3 is 0 Å². The van der Waals surface area contributed by atoms with Gasteiger partial charge in [0.1, 0.15) is 5.75 Å². The molecular formula is C29H39N3O4S2. The van der Waals surface area contributed by atoms with E-state index in [1.165, 1.54) is 10.5 Å². The van der Waals surface area contributed by atoms with Gasteiger partial charge in [-0.3, -0.25) is 9.69 Å². The van der Waals surface area contributed by atoms with Crippen LogP contribution in [0.15, 0.2) is 59.5 Å². The first-order valence-corrected chi connectivity index (χ1v) is 16.4. The molecule has 0 aromatic heterocycles. The molecule has 0 saturated carbocycles. The lowest BCUT2D eigenvalue weighted by Crippen LogP contribution is -2.53. The lowest BCUT2D eigenvalue weighted by Gasteiger charge is -2.39. The summed E-state index contributed by atoms with van der Waals surface area (Å²) in [6.45, 7) is 4.01. The maximum absolute atomic E-state index is 13.5. The van der Waals surface area contributed by atoms with Crippen LogP contribution in [0, 0.1) is 0 Å². The Bertz CT molecular complexity index is 1170. The van der Waals surface area contributed by atoms with Crippen LogP contribution in [-0.2, 0) is 21.1 Å². The Balaban J connectivity index is 1.21. The highest BCUT2D eigenvalue weighted by Crippen LogP contribution is 2.36. The van der Waals surface area contributed by atoms with Gasteiger partial charge in [-0.1, -0.05) is 30.3 Å². The van der Waals surface area contributed by atoms with Gasteiger partial charge in [0, 0.05) is 35.3 Å². The number of hydrogen-bond donors (Lipinski definition) is 1. The second kappa shape index (κ2) is 12.4. The Morgan fingerprint density at radius 1 is 1.05 bits per heavy atom. The molecule has 0 unspecified atom stereocenters. The lowest BCUT2D eigenvalue weighted by atomic mass is 10.0. The Morgan fingerprint density at radius 2 is 1.79 bits per heavy atom. The Kier molecular flexibility index (Phi) is 8.98. The number of rotatable bonds is 9. The molecule has 3 fully saturated rings. The van der Waals surface area contributed by atoms with Gasteiger partial charge in [0.25, 0.3) is 0 Å². The van der Waals surface area contributed by atoms with Gasteiger partial charge in [-0.05, 0) is 75.0 Å². The third kappa shape index (κ3) is 7.11. The van der Waals surface area contributed by atoms with E-state index < -0.39 is 9.84 Å². The van der Waals surface area contributed by atoms with Gasteiger partial charge in [-0.2, -0.15) is 0 Å². The summed E-state index contributed by atoms with van der Waals surface area (Å²) in [5, 5.41) is 3.40. The minimum atomic E-state index is -3.04. The number of methoxy groups -OCH3 is 1. The number of ether oxygens (including phenoxy) is 1. The van der Waals surface area contributed by atoms with Gasteiger partial charge in [0.2, 0.25) is 5.91 Å². The molecule has 0 aliphatic carbocycles. The Hall–Kier alpha value is -2.07. The zero-order valence-electron chi connectivity index (χ0n) is 22.1. The molecular weight excluding hydrogens is 518 g/mol. The van der Waals surface area contributed by atoms with Crippen molar-refractivity contribution in [3.63, 3.8) is 0 Å². The molecule has 0 bridgehead atoms. The highest BCUT2D eigenvalue weighted by molar-refractivity contribution is 8.00. The standard InChI is InChI=1S/C29H39N3O4S2/c1-36-25-7-9-26(10-8-25)37-27-19-28(29(33)30-23-14-18-38(34,35)21-23)32(20-27)24-12-16-31(17-13-24)15-11-22-5-3-2-4-6-22/h2-10,23-24,27-28H,11-21H2,1H3,(H,30,33)/t23-,27-,28+/m1/s1. The van der Waals surface area contributed by atoms with Crippen molar-refractivity contribution in [3.05, 3.63) is 60.2 Å². The topological polar surface area (TPSA) is 78.9 Å².